The van der Waals surface area contributed by atoms with Crippen molar-refractivity contribution < 1.29 is 9.18 Å². The highest BCUT2D eigenvalue weighted by atomic mass is 19.1. The van der Waals surface area contributed by atoms with Crippen LogP contribution < -0.4 is 0 Å². The van der Waals surface area contributed by atoms with Gasteiger partial charge in [-0.3, -0.25) is 9.89 Å². The molecule has 29 heavy (non-hydrogen) atoms. The Morgan fingerprint density at radius 2 is 1.90 bits per heavy atom. The molecule has 3 aromatic rings. The van der Waals surface area contributed by atoms with Crippen LogP contribution in [0.15, 0.2) is 42.9 Å². The third-order valence-corrected chi connectivity index (χ3v) is 5.38. The van der Waals surface area contributed by atoms with Gasteiger partial charge in [-0.1, -0.05) is 26.0 Å². The molecule has 7 heteroatoms. The smallest absolute Gasteiger partial charge is 0.257 e. The predicted molar refractivity (Wildman–Crippen MR) is 108 cm³/mol. The molecule has 0 saturated carbocycles. The van der Waals surface area contributed by atoms with Crippen LogP contribution in [-0.4, -0.2) is 44.1 Å². The molecule has 1 N–H and O–H groups in total. The first-order chi connectivity index (χ1) is 14.0. The summed E-state index contributed by atoms with van der Waals surface area (Å²) in [6.07, 6.45) is 6.87. The summed E-state index contributed by atoms with van der Waals surface area (Å²) in [6.45, 7) is 5.35. The number of likely N-dealkylation sites (tertiary alicyclic amines) is 1. The summed E-state index contributed by atoms with van der Waals surface area (Å²) in [5.74, 6) is 0.793. The molecule has 1 aromatic carbocycles. The molecule has 2 aromatic heterocycles. The van der Waals surface area contributed by atoms with E-state index in [1.54, 1.807) is 30.7 Å². The van der Waals surface area contributed by atoms with E-state index in [-0.39, 0.29) is 23.6 Å². The van der Waals surface area contributed by atoms with Crippen molar-refractivity contribution in [1.82, 2.24) is 25.1 Å². The van der Waals surface area contributed by atoms with Crippen molar-refractivity contribution in [2.75, 3.05) is 13.1 Å². The maximum atomic E-state index is 13.3. The van der Waals surface area contributed by atoms with Crippen molar-refractivity contribution in [3.8, 4) is 11.1 Å². The first kappa shape index (κ1) is 19.2. The molecule has 0 bridgehead atoms. The van der Waals surface area contributed by atoms with Gasteiger partial charge in [0.05, 0.1) is 11.8 Å². The van der Waals surface area contributed by atoms with Gasteiger partial charge < -0.3 is 4.90 Å². The molecular formula is C22H24FN5O. The number of aromatic amines is 1. The van der Waals surface area contributed by atoms with Crippen molar-refractivity contribution in [3.05, 3.63) is 65.8 Å². The second-order valence-corrected chi connectivity index (χ2v) is 7.78. The second kappa shape index (κ2) is 8.11. The number of hydrogen-bond donors (Lipinski definition) is 1. The molecule has 150 valence electrons. The van der Waals surface area contributed by atoms with Gasteiger partial charge >= 0.3 is 0 Å². The molecule has 1 atom stereocenters. The van der Waals surface area contributed by atoms with E-state index < -0.39 is 0 Å². The topological polar surface area (TPSA) is 74.8 Å². The number of H-pyrrole nitrogens is 1. The van der Waals surface area contributed by atoms with Crippen LogP contribution >= 0.6 is 0 Å². The number of carbonyl (C=O) groups is 1. The third-order valence-electron chi connectivity index (χ3n) is 5.38. The molecule has 0 radical (unpaired) electrons. The minimum Gasteiger partial charge on any atom is -0.338 e. The van der Waals surface area contributed by atoms with Crippen LogP contribution in [0.3, 0.4) is 0 Å². The summed E-state index contributed by atoms with van der Waals surface area (Å²) in [6, 6.07) is 6.40. The molecule has 1 saturated heterocycles. The van der Waals surface area contributed by atoms with Gasteiger partial charge in [0, 0.05) is 48.6 Å². The zero-order valence-corrected chi connectivity index (χ0v) is 16.6. The second-order valence-electron chi connectivity index (χ2n) is 7.78. The fraction of sp³-hybridized carbons (Fsp3) is 0.364. The summed E-state index contributed by atoms with van der Waals surface area (Å²) in [7, 11) is 0. The average molecular weight is 393 g/mol. The number of carbonyl (C=O) groups excluding carboxylic acids is 1. The van der Waals surface area contributed by atoms with Gasteiger partial charge in [0.15, 0.2) is 0 Å². The molecule has 0 spiro atoms. The zero-order valence-electron chi connectivity index (χ0n) is 16.6. The number of piperidine rings is 1. The maximum Gasteiger partial charge on any atom is 0.257 e. The normalized spacial score (nSPS) is 17.0. The molecule has 4 rings (SSSR count). The summed E-state index contributed by atoms with van der Waals surface area (Å²) in [4.78, 5) is 23.5. The van der Waals surface area contributed by atoms with Crippen LogP contribution in [0.5, 0.6) is 0 Å². The summed E-state index contributed by atoms with van der Waals surface area (Å²) >= 11 is 0. The van der Waals surface area contributed by atoms with E-state index in [2.05, 4.69) is 20.2 Å². The molecule has 1 aliphatic heterocycles. The van der Waals surface area contributed by atoms with Gasteiger partial charge in [-0.2, -0.15) is 5.10 Å². The number of halogens is 1. The van der Waals surface area contributed by atoms with Crippen molar-refractivity contribution in [1.29, 1.82) is 0 Å². The minimum absolute atomic E-state index is 0.0483. The Hall–Kier alpha value is -3.09. The van der Waals surface area contributed by atoms with Crippen LogP contribution in [-0.2, 0) is 0 Å². The molecule has 0 aliphatic carbocycles. The third kappa shape index (κ3) is 4.04. The number of rotatable bonds is 4. The number of aromatic nitrogens is 4. The van der Waals surface area contributed by atoms with Crippen molar-refractivity contribution in [2.24, 2.45) is 0 Å². The highest BCUT2D eigenvalue weighted by Gasteiger charge is 2.28. The molecule has 3 heterocycles. The van der Waals surface area contributed by atoms with Crippen LogP contribution in [0.1, 0.15) is 60.4 Å². The van der Waals surface area contributed by atoms with E-state index in [1.165, 1.54) is 12.1 Å². The fourth-order valence-corrected chi connectivity index (χ4v) is 3.79. The van der Waals surface area contributed by atoms with E-state index in [9.17, 15) is 9.18 Å². The van der Waals surface area contributed by atoms with Crippen molar-refractivity contribution in [3.63, 3.8) is 0 Å². The highest BCUT2D eigenvalue weighted by Crippen LogP contribution is 2.33. The van der Waals surface area contributed by atoms with Gasteiger partial charge in [0.25, 0.3) is 5.91 Å². The number of nitrogens with zero attached hydrogens (tertiary/aromatic N) is 4. The number of amides is 1. The maximum absolute atomic E-state index is 13.3. The summed E-state index contributed by atoms with van der Waals surface area (Å²) < 4.78 is 13.3. The predicted octanol–water partition coefficient (Wildman–Crippen LogP) is 4.15. The fourth-order valence-electron chi connectivity index (χ4n) is 3.79. The Morgan fingerprint density at radius 1 is 1.17 bits per heavy atom. The zero-order chi connectivity index (χ0) is 20.4. The summed E-state index contributed by atoms with van der Waals surface area (Å²) in [5.41, 5.74) is 3.36. The highest BCUT2D eigenvalue weighted by molar-refractivity contribution is 5.93. The van der Waals surface area contributed by atoms with E-state index in [1.807, 2.05) is 18.7 Å². The van der Waals surface area contributed by atoms with Gasteiger partial charge in [-0.25, -0.2) is 14.4 Å². The lowest BCUT2D eigenvalue weighted by molar-refractivity contribution is 0.0705. The average Bonchev–Trinajstić information content (AvgIpc) is 3.24. The number of hydrogen-bond acceptors (Lipinski definition) is 4. The van der Waals surface area contributed by atoms with Crippen LogP contribution in [0.25, 0.3) is 11.1 Å². The number of benzene rings is 1. The Bertz CT molecular complexity index is 981. The van der Waals surface area contributed by atoms with E-state index >= 15 is 0 Å². The molecule has 6 nitrogen and oxygen atoms in total. The molecular weight excluding hydrogens is 369 g/mol. The van der Waals surface area contributed by atoms with Crippen LogP contribution in [0.4, 0.5) is 4.39 Å². The molecule has 1 aliphatic rings. The summed E-state index contributed by atoms with van der Waals surface area (Å²) in [5, 5.41) is 7.31. The Kier molecular flexibility index (Phi) is 5.38. The van der Waals surface area contributed by atoms with Gasteiger partial charge in [0.2, 0.25) is 0 Å². The minimum atomic E-state index is -0.265. The SMILES string of the molecule is CC(C)c1ncc(C(=O)N2CCC[C@H](c3[nH]ncc3-c3ccc(F)cc3)C2)cn1. The Balaban J connectivity index is 1.52. The van der Waals surface area contributed by atoms with Crippen LogP contribution in [0, 0.1) is 5.82 Å². The van der Waals surface area contributed by atoms with Gasteiger partial charge in [-0.05, 0) is 30.5 Å². The lowest BCUT2D eigenvalue weighted by Gasteiger charge is -2.32. The quantitative estimate of drug-likeness (QED) is 0.723. The van der Waals surface area contributed by atoms with E-state index in [4.69, 9.17) is 0 Å². The first-order valence-electron chi connectivity index (χ1n) is 9.93. The Labute approximate surface area is 169 Å². The lowest BCUT2D eigenvalue weighted by atomic mass is 9.90. The van der Waals surface area contributed by atoms with E-state index in [0.717, 1.165) is 35.5 Å². The molecule has 0 unspecified atom stereocenters. The molecule has 1 fully saturated rings. The Morgan fingerprint density at radius 3 is 2.59 bits per heavy atom. The standard InChI is InChI=1S/C22H24FN5O/c1-14(2)21-24-10-17(11-25-21)22(29)28-9-3-4-16(13-28)20-19(12-26-27-20)15-5-7-18(23)8-6-15/h5-8,10-12,14,16H,3-4,9,13H2,1-2H3,(H,26,27)/t16-/m0/s1. The molecule has 1 amide bonds. The number of nitrogens with one attached hydrogen (secondary N) is 1. The largest absolute Gasteiger partial charge is 0.338 e. The van der Waals surface area contributed by atoms with Crippen molar-refractivity contribution >= 4 is 5.91 Å². The first-order valence-corrected chi connectivity index (χ1v) is 9.93. The monoisotopic (exact) mass is 393 g/mol. The van der Waals surface area contributed by atoms with Gasteiger partial charge in [-0.15, -0.1) is 0 Å². The van der Waals surface area contributed by atoms with E-state index in [0.29, 0.717) is 18.7 Å². The van der Waals surface area contributed by atoms with Gasteiger partial charge in [0.1, 0.15) is 11.6 Å². The van der Waals surface area contributed by atoms with Crippen LogP contribution in [0.2, 0.25) is 0 Å². The lowest BCUT2D eigenvalue weighted by Crippen LogP contribution is -2.39. The van der Waals surface area contributed by atoms with Crippen molar-refractivity contribution in [2.45, 2.75) is 38.5 Å².